The third-order valence-electron chi connectivity index (χ3n) is 4.30. The highest BCUT2D eigenvalue weighted by atomic mass is 16.8. The summed E-state index contributed by atoms with van der Waals surface area (Å²) in [5, 5.41) is 59.2. The average Bonchev–Trinajstić information content (AvgIpc) is 3.23. The van der Waals surface area contributed by atoms with Crippen LogP contribution in [0.2, 0.25) is 0 Å². The Morgan fingerprint density at radius 3 is 2.78 bits per heavy atom. The highest BCUT2D eigenvalue weighted by Gasteiger charge is 2.47. The third-order valence-corrected chi connectivity index (χ3v) is 4.30. The molecule has 2 heterocycles. The molecule has 1 aliphatic carbocycles. The molecule has 0 fully saturated rings. The molecular formula is C15H7N6O6-. The monoisotopic (exact) mass is 367 g/mol. The maximum absolute atomic E-state index is 12.1. The number of nitro groups is 1. The van der Waals surface area contributed by atoms with Crippen molar-refractivity contribution in [1.29, 1.82) is 5.26 Å². The van der Waals surface area contributed by atoms with Crippen LogP contribution in [0.4, 0.5) is 0 Å². The standard InChI is InChI=1S/C15H7N6O6/c16-5-7-1-2-10-8(3-7)9(6-17-10)13-11(19(22)23)4-12(20(24)25)14-15(13)21(26)27-18-14/h1-4,6,13,17H/q-1. The highest BCUT2D eigenvalue weighted by molar-refractivity contribution is 6.06. The van der Waals surface area contributed by atoms with Crippen LogP contribution in [0.15, 0.2) is 40.8 Å². The van der Waals surface area contributed by atoms with Crippen LogP contribution >= 0.6 is 0 Å². The molecule has 1 aliphatic rings. The maximum atomic E-state index is 12.1. The van der Waals surface area contributed by atoms with E-state index >= 15 is 0 Å². The Morgan fingerprint density at radius 2 is 2.11 bits per heavy atom. The van der Waals surface area contributed by atoms with Gasteiger partial charge in [-0.3, -0.25) is 14.7 Å². The summed E-state index contributed by atoms with van der Waals surface area (Å²) >= 11 is 0. The van der Waals surface area contributed by atoms with E-state index < -0.39 is 27.2 Å². The second-order valence-corrected chi connectivity index (χ2v) is 5.68. The molecule has 1 N–H and O–H groups in total. The van der Waals surface area contributed by atoms with Crippen LogP contribution in [0.5, 0.6) is 0 Å². The molecule has 0 spiro atoms. The second-order valence-electron chi connectivity index (χ2n) is 5.68. The summed E-state index contributed by atoms with van der Waals surface area (Å²) in [5.74, 6) is -1.27. The van der Waals surface area contributed by atoms with Gasteiger partial charge in [0.2, 0.25) is 5.69 Å². The van der Waals surface area contributed by atoms with Gasteiger partial charge in [-0.25, -0.2) is 0 Å². The molecule has 12 nitrogen and oxygen atoms in total. The summed E-state index contributed by atoms with van der Waals surface area (Å²) in [5.41, 5.74) is -0.846. The Kier molecular flexibility index (Phi) is 3.31. The normalized spacial score (nSPS) is 15.9. The lowest BCUT2D eigenvalue weighted by molar-refractivity contribution is -0.808. The number of nitrogens with zero attached hydrogens (tertiary/aromatic N) is 5. The van der Waals surface area contributed by atoms with Crippen molar-refractivity contribution in [3.8, 4) is 6.07 Å². The quantitative estimate of drug-likeness (QED) is 0.390. The number of fused-ring (bicyclic) bond motifs is 2. The molecule has 3 aromatic rings. The van der Waals surface area contributed by atoms with E-state index in [-0.39, 0.29) is 16.3 Å². The van der Waals surface area contributed by atoms with Crippen molar-refractivity contribution in [3.63, 3.8) is 0 Å². The third kappa shape index (κ3) is 2.26. The van der Waals surface area contributed by atoms with Crippen LogP contribution in [0.1, 0.15) is 28.4 Å². The van der Waals surface area contributed by atoms with Crippen LogP contribution in [-0.2, 0) is 0 Å². The minimum Gasteiger partial charge on any atom is -0.612 e. The summed E-state index contributed by atoms with van der Waals surface area (Å²) in [4.78, 5) is 12.8. The lowest BCUT2D eigenvalue weighted by Gasteiger charge is -2.16. The second kappa shape index (κ2) is 5.56. The molecule has 1 atom stereocenters. The fourth-order valence-electron chi connectivity index (χ4n) is 3.16. The fourth-order valence-corrected chi connectivity index (χ4v) is 3.16. The van der Waals surface area contributed by atoms with E-state index in [4.69, 9.17) is 5.26 Å². The van der Waals surface area contributed by atoms with Crippen LogP contribution < -0.4 is 4.90 Å². The summed E-state index contributed by atoms with van der Waals surface area (Å²) in [6.45, 7) is 0. The Labute approximate surface area is 148 Å². The summed E-state index contributed by atoms with van der Waals surface area (Å²) < 4.78 is 4.48. The minimum absolute atomic E-state index is 0.0764. The lowest BCUT2D eigenvalue weighted by atomic mass is 9.85. The first-order valence-electron chi connectivity index (χ1n) is 7.40. The van der Waals surface area contributed by atoms with E-state index in [1.165, 1.54) is 12.3 Å². The van der Waals surface area contributed by atoms with Gasteiger partial charge in [-0.05, 0) is 28.7 Å². The van der Waals surface area contributed by atoms with Crippen molar-refractivity contribution < 1.29 is 19.4 Å². The molecule has 1 aromatic carbocycles. The molecule has 0 saturated carbocycles. The van der Waals surface area contributed by atoms with Gasteiger partial charge in [0.1, 0.15) is 5.92 Å². The van der Waals surface area contributed by atoms with Crippen molar-refractivity contribution in [3.05, 3.63) is 84.4 Å². The first-order chi connectivity index (χ1) is 12.9. The predicted octanol–water partition coefficient (Wildman–Crippen LogP) is 0.764. The Morgan fingerprint density at radius 1 is 1.33 bits per heavy atom. The molecule has 0 aliphatic heterocycles. The van der Waals surface area contributed by atoms with E-state index in [1.54, 1.807) is 12.1 Å². The molecule has 27 heavy (non-hydrogen) atoms. The van der Waals surface area contributed by atoms with Gasteiger partial charge >= 0.3 is 5.69 Å². The maximum Gasteiger partial charge on any atom is 0.318 e. The lowest BCUT2D eigenvalue weighted by Crippen LogP contribution is -2.36. The Balaban J connectivity index is 2.06. The average molecular weight is 367 g/mol. The van der Waals surface area contributed by atoms with Gasteiger partial charge < -0.3 is 20.6 Å². The van der Waals surface area contributed by atoms with Gasteiger partial charge in [0.15, 0.2) is 0 Å². The summed E-state index contributed by atoms with van der Waals surface area (Å²) in [6.07, 6.45) is 2.21. The molecular weight excluding hydrogens is 360 g/mol. The molecule has 134 valence electrons. The van der Waals surface area contributed by atoms with Gasteiger partial charge in [0.25, 0.3) is 11.4 Å². The number of hydrogen-bond acceptors (Lipinski definition) is 8. The zero-order valence-corrected chi connectivity index (χ0v) is 13.1. The van der Waals surface area contributed by atoms with Crippen LogP contribution in [0.3, 0.4) is 0 Å². The summed E-state index contributed by atoms with van der Waals surface area (Å²) in [6, 6.07) is 6.65. The number of nitrogens with one attached hydrogen (secondary N) is 1. The van der Waals surface area contributed by atoms with Gasteiger partial charge in [-0.15, -0.1) is 0 Å². The SMILES string of the molecule is N#Cc1ccc2[nH]cc(C3C([N+](=O)[O-])=CC(=[N+]([O-])[O-])c4no[n+]([O-])c43)c2c1. The van der Waals surface area contributed by atoms with Crippen molar-refractivity contribution in [2.24, 2.45) is 0 Å². The number of allylic oxidation sites excluding steroid dienone is 2. The first-order valence-corrected chi connectivity index (χ1v) is 7.40. The number of aromatic amines is 1. The number of benzene rings is 1. The smallest absolute Gasteiger partial charge is 0.318 e. The van der Waals surface area contributed by atoms with Crippen LogP contribution in [-0.4, -0.2) is 25.7 Å². The van der Waals surface area contributed by atoms with Gasteiger partial charge in [0.05, 0.1) is 27.8 Å². The van der Waals surface area contributed by atoms with Crippen LogP contribution in [0.25, 0.3) is 10.9 Å². The molecule has 1 unspecified atom stereocenters. The number of hydrogen-bond donors (Lipinski definition) is 1. The Bertz CT molecular complexity index is 1210. The predicted molar refractivity (Wildman–Crippen MR) is 86.5 cm³/mol. The molecule has 2 aromatic heterocycles. The molecule has 12 heteroatoms. The molecule has 0 amide bonds. The van der Waals surface area contributed by atoms with E-state index in [0.717, 1.165) is 6.08 Å². The molecule has 4 rings (SSSR count). The fraction of sp³-hybridized carbons (Fsp3) is 0.0667. The van der Waals surface area contributed by atoms with E-state index in [2.05, 4.69) is 14.8 Å². The van der Waals surface area contributed by atoms with E-state index in [9.17, 15) is 25.7 Å². The number of rotatable bonds is 2. The molecule has 0 saturated heterocycles. The first kappa shape index (κ1) is 16.1. The Hall–Kier alpha value is -4.40. The number of H-pyrrole nitrogens is 1. The topological polar surface area (TPSA) is 185 Å². The minimum atomic E-state index is -1.27. The number of aromatic nitrogens is 3. The van der Waals surface area contributed by atoms with Gasteiger partial charge in [-0.1, -0.05) is 0 Å². The van der Waals surface area contributed by atoms with E-state index in [0.29, 0.717) is 22.0 Å². The summed E-state index contributed by atoms with van der Waals surface area (Å²) in [7, 11) is 0. The van der Waals surface area contributed by atoms with Crippen molar-refractivity contribution in [2.75, 3.05) is 0 Å². The molecule has 0 radical (unpaired) electrons. The van der Waals surface area contributed by atoms with Crippen molar-refractivity contribution in [2.45, 2.75) is 5.92 Å². The van der Waals surface area contributed by atoms with Crippen LogP contribution in [0, 0.1) is 37.1 Å². The van der Waals surface area contributed by atoms with Crippen molar-refractivity contribution in [1.82, 2.24) is 10.1 Å². The number of nitriles is 1. The van der Waals surface area contributed by atoms with E-state index in [1.807, 2.05) is 6.07 Å². The van der Waals surface area contributed by atoms with Gasteiger partial charge in [0, 0.05) is 17.1 Å². The molecule has 0 bridgehead atoms. The van der Waals surface area contributed by atoms with Gasteiger partial charge in [-0.2, -0.15) is 10.2 Å². The van der Waals surface area contributed by atoms with Crippen molar-refractivity contribution >= 4 is 16.6 Å². The highest BCUT2D eigenvalue weighted by Crippen LogP contribution is 2.39. The largest absolute Gasteiger partial charge is 0.612 e. The zero-order chi connectivity index (χ0) is 19.3. The zero-order valence-electron chi connectivity index (χ0n) is 13.1.